The van der Waals surface area contributed by atoms with Crippen LogP contribution in [0.25, 0.3) is 0 Å². The van der Waals surface area contributed by atoms with Gasteiger partial charge in [-0.05, 0) is 18.2 Å². The highest BCUT2D eigenvalue weighted by Gasteiger charge is 2.07. The molecule has 0 saturated carbocycles. The summed E-state index contributed by atoms with van der Waals surface area (Å²) in [6.45, 7) is 0.332. The van der Waals surface area contributed by atoms with Crippen molar-refractivity contribution in [2.24, 2.45) is 0 Å². The molecule has 0 amide bonds. The Morgan fingerprint density at radius 1 is 0.947 bits per heavy atom. The Labute approximate surface area is 114 Å². The molecule has 0 aromatic heterocycles. The summed E-state index contributed by atoms with van der Waals surface area (Å²) in [7, 11) is 0. The van der Waals surface area contributed by atoms with E-state index >= 15 is 0 Å². The first kappa shape index (κ1) is 13.9. The molecule has 0 unspecified atom stereocenters. The van der Waals surface area contributed by atoms with Crippen molar-refractivity contribution in [2.75, 3.05) is 0 Å². The summed E-state index contributed by atoms with van der Waals surface area (Å²) in [5.74, 6) is -1.68. The molecule has 2 aromatic rings. The third-order valence-electron chi connectivity index (χ3n) is 2.69. The van der Waals surface area contributed by atoms with Crippen LogP contribution in [-0.4, -0.2) is 0 Å². The van der Waals surface area contributed by atoms with E-state index in [1.165, 1.54) is 24.3 Å². The Bertz CT molecular complexity index is 567. The first-order chi connectivity index (χ1) is 9.08. The molecule has 0 saturated heterocycles. The number of nitrogens with one attached hydrogen (secondary N) is 1. The van der Waals surface area contributed by atoms with E-state index in [4.69, 9.17) is 11.6 Å². The lowest BCUT2D eigenvalue weighted by atomic mass is 10.2. The topological polar surface area (TPSA) is 12.0 Å². The number of hydrogen-bond donors (Lipinski definition) is 1. The monoisotopic (exact) mass is 285 g/mol. The van der Waals surface area contributed by atoms with Gasteiger partial charge in [0, 0.05) is 35.3 Å². The van der Waals surface area contributed by atoms with Crippen LogP contribution in [0.1, 0.15) is 11.1 Å². The van der Waals surface area contributed by atoms with Crippen LogP contribution >= 0.6 is 11.6 Å². The largest absolute Gasteiger partial charge is 0.308 e. The first-order valence-corrected chi connectivity index (χ1v) is 6.03. The highest BCUT2D eigenvalue weighted by atomic mass is 35.5. The molecule has 5 heteroatoms. The number of halogens is 4. The lowest BCUT2D eigenvalue weighted by Crippen LogP contribution is -2.15. The molecule has 1 N–H and O–H groups in total. The molecule has 100 valence electrons. The summed E-state index contributed by atoms with van der Waals surface area (Å²) in [6.07, 6.45) is 0. The second-order valence-corrected chi connectivity index (χ2v) is 4.45. The minimum Gasteiger partial charge on any atom is -0.308 e. The average molecular weight is 286 g/mol. The molecule has 0 bridgehead atoms. The maximum absolute atomic E-state index is 13.5. The Morgan fingerprint density at radius 3 is 2.42 bits per heavy atom. The van der Waals surface area contributed by atoms with Gasteiger partial charge in [0.25, 0.3) is 0 Å². The Hall–Kier alpha value is -1.52. The molecule has 0 heterocycles. The predicted molar refractivity (Wildman–Crippen MR) is 68.3 cm³/mol. The van der Waals surface area contributed by atoms with Gasteiger partial charge in [0.15, 0.2) is 0 Å². The van der Waals surface area contributed by atoms with E-state index in [1.807, 2.05) is 0 Å². The van der Waals surface area contributed by atoms with Gasteiger partial charge in [0.05, 0.1) is 0 Å². The fraction of sp³-hybridized carbons (Fsp3) is 0.143. The van der Waals surface area contributed by atoms with Crippen molar-refractivity contribution in [3.63, 3.8) is 0 Å². The summed E-state index contributed by atoms with van der Waals surface area (Å²) >= 11 is 5.86. The van der Waals surface area contributed by atoms with Crippen molar-refractivity contribution in [1.82, 2.24) is 5.32 Å². The van der Waals surface area contributed by atoms with E-state index in [0.717, 1.165) is 6.07 Å². The van der Waals surface area contributed by atoms with E-state index in [-0.39, 0.29) is 13.1 Å². The molecule has 1 nitrogen and oxygen atoms in total. The molecular weight excluding hydrogens is 275 g/mol. The normalized spacial score (nSPS) is 10.7. The first-order valence-electron chi connectivity index (χ1n) is 5.65. The van der Waals surface area contributed by atoms with Crippen LogP contribution in [0.5, 0.6) is 0 Å². The van der Waals surface area contributed by atoms with Gasteiger partial charge in [-0.3, -0.25) is 0 Å². The van der Waals surface area contributed by atoms with E-state index < -0.39 is 17.5 Å². The lowest BCUT2D eigenvalue weighted by molar-refractivity contribution is 0.553. The quantitative estimate of drug-likeness (QED) is 0.894. The van der Waals surface area contributed by atoms with Crippen LogP contribution in [0.4, 0.5) is 13.2 Å². The van der Waals surface area contributed by atoms with Gasteiger partial charge in [-0.15, -0.1) is 0 Å². The van der Waals surface area contributed by atoms with Gasteiger partial charge in [-0.25, -0.2) is 13.2 Å². The number of hydrogen-bond acceptors (Lipinski definition) is 1. The second-order valence-electron chi connectivity index (χ2n) is 4.04. The zero-order valence-electron chi connectivity index (χ0n) is 9.89. The highest BCUT2D eigenvalue weighted by molar-refractivity contribution is 6.31. The molecule has 0 fully saturated rings. The summed E-state index contributed by atoms with van der Waals surface area (Å²) in [5, 5.41) is 3.19. The molecular formula is C14H11ClF3N. The number of rotatable bonds is 4. The van der Waals surface area contributed by atoms with Gasteiger partial charge < -0.3 is 5.32 Å². The van der Waals surface area contributed by atoms with Crippen molar-refractivity contribution in [3.8, 4) is 0 Å². The average Bonchev–Trinajstić information content (AvgIpc) is 2.35. The molecule has 19 heavy (non-hydrogen) atoms. The van der Waals surface area contributed by atoms with Gasteiger partial charge in [-0.2, -0.15) is 0 Å². The number of benzene rings is 2. The van der Waals surface area contributed by atoms with Gasteiger partial charge in [0.1, 0.15) is 17.5 Å². The summed E-state index contributed by atoms with van der Waals surface area (Å²) < 4.78 is 39.5. The predicted octanol–water partition coefficient (Wildman–Crippen LogP) is 4.05. The van der Waals surface area contributed by atoms with Crippen molar-refractivity contribution in [3.05, 3.63) is 70.0 Å². The van der Waals surface area contributed by atoms with E-state index in [1.54, 1.807) is 6.07 Å². The van der Waals surface area contributed by atoms with Crippen molar-refractivity contribution in [2.45, 2.75) is 13.1 Å². The Balaban J connectivity index is 2.00. The standard InChI is InChI=1S/C14H11ClF3N/c15-12-2-1-3-13(17)11(12)8-19-7-9-4-5-10(16)6-14(9)18/h1-6,19H,7-8H2. The van der Waals surface area contributed by atoms with Crippen molar-refractivity contribution >= 4 is 11.6 Å². The highest BCUT2D eigenvalue weighted by Crippen LogP contribution is 2.18. The molecule has 0 aliphatic heterocycles. The van der Waals surface area contributed by atoms with Crippen LogP contribution in [0.2, 0.25) is 5.02 Å². The van der Waals surface area contributed by atoms with Gasteiger partial charge >= 0.3 is 0 Å². The molecule has 0 aliphatic rings. The third-order valence-corrected chi connectivity index (χ3v) is 3.05. The van der Waals surface area contributed by atoms with Crippen LogP contribution in [-0.2, 0) is 13.1 Å². The van der Waals surface area contributed by atoms with Crippen molar-refractivity contribution < 1.29 is 13.2 Å². The smallest absolute Gasteiger partial charge is 0.130 e. The Morgan fingerprint density at radius 2 is 1.74 bits per heavy atom. The van der Waals surface area contributed by atoms with Crippen LogP contribution < -0.4 is 5.32 Å². The molecule has 2 rings (SSSR count). The minimum atomic E-state index is -0.632. The summed E-state index contributed by atoms with van der Waals surface area (Å²) in [4.78, 5) is 0. The van der Waals surface area contributed by atoms with Crippen LogP contribution in [0.15, 0.2) is 36.4 Å². The molecule has 0 spiro atoms. The van der Waals surface area contributed by atoms with Crippen LogP contribution in [0, 0.1) is 17.5 Å². The molecule has 2 aromatic carbocycles. The second kappa shape index (κ2) is 6.08. The summed E-state index contributed by atoms with van der Waals surface area (Å²) in [6, 6.07) is 7.74. The molecule has 0 radical (unpaired) electrons. The van der Waals surface area contributed by atoms with Gasteiger partial charge in [-0.1, -0.05) is 23.7 Å². The van der Waals surface area contributed by atoms with E-state index in [2.05, 4.69) is 5.32 Å². The summed E-state index contributed by atoms with van der Waals surface area (Å²) in [5.41, 5.74) is 0.639. The molecule has 0 atom stereocenters. The zero-order chi connectivity index (χ0) is 13.8. The maximum Gasteiger partial charge on any atom is 0.130 e. The lowest BCUT2D eigenvalue weighted by Gasteiger charge is -2.08. The molecule has 0 aliphatic carbocycles. The van der Waals surface area contributed by atoms with Crippen LogP contribution in [0.3, 0.4) is 0 Å². The van der Waals surface area contributed by atoms with Gasteiger partial charge in [0.2, 0.25) is 0 Å². The SMILES string of the molecule is Fc1ccc(CNCc2c(F)cccc2Cl)c(F)c1. The van der Waals surface area contributed by atoms with E-state index in [9.17, 15) is 13.2 Å². The third kappa shape index (κ3) is 3.49. The maximum atomic E-state index is 13.5. The fourth-order valence-electron chi connectivity index (χ4n) is 1.69. The Kier molecular flexibility index (Phi) is 4.45. The minimum absolute atomic E-state index is 0.163. The fourth-order valence-corrected chi connectivity index (χ4v) is 1.92. The zero-order valence-corrected chi connectivity index (χ0v) is 10.6. The van der Waals surface area contributed by atoms with E-state index in [0.29, 0.717) is 16.1 Å². The van der Waals surface area contributed by atoms with Crippen molar-refractivity contribution in [1.29, 1.82) is 0 Å².